The van der Waals surface area contributed by atoms with E-state index in [-0.39, 0.29) is 12.3 Å². The van der Waals surface area contributed by atoms with Crippen molar-refractivity contribution in [2.75, 3.05) is 19.0 Å². The van der Waals surface area contributed by atoms with Gasteiger partial charge in [0.15, 0.2) is 0 Å². The number of methoxy groups -OCH3 is 1. The van der Waals surface area contributed by atoms with Crippen LogP contribution in [0.5, 0.6) is 5.75 Å². The number of rotatable bonds is 8. The van der Waals surface area contributed by atoms with E-state index in [0.29, 0.717) is 38.6 Å². The predicted octanol–water partition coefficient (Wildman–Crippen LogP) is 5.35. The molecule has 0 spiro atoms. The second-order valence-corrected chi connectivity index (χ2v) is 9.75. The molecule has 0 aliphatic carbocycles. The Balaban J connectivity index is 1.85. The number of carbonyl (C=O) groups is 2. The summed E-state index contributed by atoms with van der Waals surface area (Å²) in [6.45, 7) is 9.18. The van der Waals surface area contributed by atoms with Crippen LogP contribution in [0.25, 0.3) is 10.2 Å². The van der Waals surface area contributed by atoms with E-state index in [1.165, 1.54) is 43.0 Å². The molecular formula is C24H29FN4O5S. The standard InChI is InChI=1S/C24H29FN4O5S/c1-7-15(11-26-23(31)34-24(3,4)5)33-17-10-14(25)8-9-16(17)29-20-18-13(2)19(22(30)32-6)35-21(18)28-12-27-20/h8-10,12,15H,7,11H2,1-6H3,(H,26,31)(H,27,28,29). The molecule has 1 atom stereocenters. The third kappa shape index (κ3) is 6.56. The highest BCUT2D eigenvalue weighted by atomic mass is 32.1. The number of ether oxygens (including phenoxy) is 3. The fourth-order valence-corrected chi connectivity index (χ4v) is 4.31. The Morgan fingerprint density at radius 3 is 2.63 bits per heavy atom. The van der Waals surface area contributed by atoms with Crippen molar-refractivity contribution in [2.45, 2.75) is 52.7 Å². The first-order valence-electron chi connectivity index (χ1n) is 11.0. The van der Waals surface area contributed by atoms with Crippen LogP contribution in [0.2, 0.25) is 0 Å². The lowest BCUT2D eigenvalue weighted by Gasteiger charge is -2.23. The molecule has 0 radical (unpaired) electrons. The normalized spacial score (nSPS) is 12.2. The highest BCUT2D eigenvalue weighted by molar-refractivity contribution is 7.20. The number of halogens is 1. The van der Waals surface area contributed by atoms with Crippen LogP contribution >= 0.6 is 11.3 Å². The van der Waals surface area contributed by atoms with Crippen molar-refractivity contribution in [3.63, 3.8) is 0 Å². The van der Waals surface area contributed by atoms with E-state index in [4.69, 9.17) is 14.2 Å². The Morgan fingerprint density at radius 1 is 1.23 bits per heavy atom. The highest BCUT2D eigenvalue weighted by Gasteiger charge is 2.22. The molecule has 188 valence electrons. The Hall–Kier alpha value is -3.47. The number of benzene rings is 1. The lowest BCUT2D eigenvalue weighted by Crippen LogP contribution is -2.38. The molecule has 0 aliphatic rings. The Bertz CT molecular complexity index is 1220. The van der Waals surface area contributed by atoms with Crippen LogP contribution in [-0.2, 0) is 9.47 Å². The second kappa shape index (κ2) is 10.9. The lowest BCUT2D eigenvalue weighted by atomic mass is 10.2. The maximum atomic E-state index is 14.1. The molecule has 0 saturated carbocycles. The number of aromatic nitrogens is 2. The zero-order valence-corrected chi connectivity index (χ0v) is 21.3. The molecule has 1 aromatic carbocycles. The van der Waals surface area contributed by atoms with Crippen molar-refractivity contribution in [3.05, 3.63) is 40.8 Å². The van der Waals surface area contributed by atoms with Crippen molar-refractivity contribution in [3.8, 4) is 5.75 Å². The minimum Gasteiger partial charge on any atom is -0.486 e. The van der Waals surface area contributed by atoms with E-state index < -0.39 is 29.6 Å². The molecule has 2 heterocycles. The average molecular weight is 505 g/mol. The van der Waals surface area contributed by atoms with Gasteiger partial charge in [0.25, 0.3) is 0 Å². The van der Waals surface area contributed by atoms with Crippen LogP contribution in [0.15, 0.2) is 24.5 Å². The predicted molar refractivity (Wildman–Crippen MR) is 132 cm³/mol. The van der Waals surface area contributed by atoms with Gasteiger partial charge in [-0.2, -0.15) is 0 Å². The van der Waals surface area contributed by atoms with Crippen molar-refractivity contribution in [2.24, 2.45) is 0 Å². The molecule has 11 heteroatoms. The number of nitrogens with one attached hydrogen (secondary N) is 2. The number of fused-ring (bicyclic) bond motifs is 1. The fraction of sp³-hybridized carbons (Fsp3) is 0.417. The van der Waals surface area contributed by atoms with Gasteiger partial charge in [0.2, 0.25) is 0 Å². The SMILES string of the molecule is CCC(CNC(=O)OC(C)(C)C)Oc1cc(F)ccc1Nc1ncnc2sc(C(=O)OC)c(C)c12. The van der Waals surface area contributed by atoms with Gasteiger partial charge in [-0.3, -0.25) is 0 Å². The fourth-order valence-electron chi connectivity index (χ4n) is 3.24. The molecule has 3 rings (SSSR count). The first kappa shape index (κ1) is 26.1. The third-order valence-corrected chi connectivity index (χ3v) is 6.10. The monoisotopic (exact) mass is 504 g/mol. The molecule has 35 heavy (non-hydrogen) atoms. The summed E-state index contributed by atoms with van der Waals surface area (Å²) in [4.78, 5) is 33.8. The first-order chi connectivity index (χ1) is 16.5. The number of anilines is 2. The van der Waals surface area contributed by atoms with E-state index in [0.717, 1.165) is 0 Å². The van der Waals surface area contributed by atoms with Gasteiger partial charge in [-0.25, -0.2) is 23.9 Å². The Labute approximate surface area is 207 Å². The summed E-state index contributed by atoms with van der Waals surface area (Å²) in [5, 5.41) is 6.52. The van der Waals surface area contributed by atoms with Gasteiger partial charge in [0.1, 0.15) is 45.1 Å². The minimum absolute atomic E-state index is 0.172. The smallest absolute Gasteiger partial charge is 0.407 e. The number of esters is 1. The molecule has 0 bridgehead atoms. The zero-order valence-electron chi connectivity index (χ0n) is 20.5. The molecule has 0 aliphatic heterocycles. The molecule has 0 saturated heterocycles. The number of hydrogen-bond acceptors (Lipinski definition) is 9. The summed E-state index contributed by atoms with van der Waals surface area (Å²) in [6, 6.07) is 4.10. The van der Waals surface area contributed by atoms with E-state index in [1.807, 2.05) is 6.92 Å². The van der Waals surface area contributed by atoms with Gasteiger partial charge in [-0.05, 0) is 51.8 Å². The van der Waals surface area contributed by atoms with Gasteiger partial charge >= 0.3 is 12.1 Å². The molecule has 9 nitrogen and oxygen atoms in total. The highest BCUT2D eigenvalue weighted by Crippen LogP contribution is 2.37. The van der Waals surface area contributed by atoms with Crippen LogP contribution in [0.3, 0.4) is 0 Å². The van der Waals surface area contributed by atoms with Crippen LogP contribution in [0.1, 0.15) is 49.4 Å². The van der Waals surface area contributed by atoms with Crippen molar-refractivity contribution >= 4 is 45.1 Å². The van der Waals surface area contributed by atoms with E-state index >= 15 is 0 Å². The molecular weight excluding hydrogens is 475 g/mol. The average Bonchev–Trinajstić information content (AvgIpc) is 3.14. The minimum atomic E-state index is -0.622. The summed E-state index contributed by atoms with van der Waals surface area (Å²) in [7, 11) is 1.32. The third-order valence-electron chi connectivity index (χ3n) is 4.92. The number of amides is 1. The molecule has 1 amide bonds. The number of carbonyl (C=O) groups excluding carboxylic acids is 2. The summed E-state index contributed by atoms with van der Waals surface area (Å²) >= 11 is 1.21. The van der Waals surface area contributed by atoms with Gasteiger partial charge in [-0.15, -0.1) is 11.3 Å². The van der Waals surface area contributed by atoms with Gasteiger partial charge < -0.3 is 24.8 Å². The first-order valence-corrected chi connectivity index (χ1v) is 11.9. The Kier molecular flexibility index (Phi) is 8.11. The van der Waals surface area contributed by atoms with Gasteiger partial charge in [0, 0.05) is 6.07 Å². The number of alkyl carbamates (subject to hydrolysis) is 1. The zero-order chi connectivity index (χ0) is 25.8. The summed E-state index contributed by atoms with van der Waals surface area (Å²) < 4.78 is 30.3. The largest absolute Gasteiger partial charge is 0.486 e. The molecule has 0 fully saturated rings. The van der Waals surface area contributed by atoms with Crippen LogP contribution in [0, 0.1) is 12.7 Å². The molecule has 3 aromatic rings. The maximum Gasteiger partial charge on any atom is 0.407 e. The molecule has 2 N–H and O–H groups in total. The number of aryl methyl sites for hydroxylation is 1. The number of nitrogens with zero attached hydrogens (tertiary/aromatic N) is 2. The second-order valence-electron chi connectivity index (χ2n) is 8.75. The quantitative estimate of drug-likeness (QED) is 0.395. The summed E-state index contributed by atoms with van der Waals surface area (Å²) in [5.41, 5.74) is 0.521. The van der Waals surface area contributed by atoms with E-state index in [2.05, 4.69) is 20.6 Å². The molecule has 2 aromatic heterocycles. The number of thiophene rings is 1. The van der Waals surface area contributed by atoms with Crippen molar-refractivity contribution in [1.82, 2.24) is 15.3 Å². The van der Waals surface area contributed by atoms with Crippen LogP contribution < -0.4 is 15.4 Å². The van der Waals surface area contributed by atoms with Crippen molar-refractivity contribution in [1.29, 1.82) is 0 Å². The van der Waals surface area contributed by atoms with Crippen LogP contribution in [-0.4, -0.2) is 47.4 Å². The summed E-state index contributed by atoms with van der Waals surface area (Å²) in [5.74, 6) is -0.246. The van der Waals surface area contributed by atoms with E-state index in [1.54, 1.807) is 27.7 Å². The van der Waals surface area contributed by atoms with E-state index in [9.17, 15) is 14.0 Å². The molecule has 1 unspecified atom stereocenters. The van der Waals surface area contributed by atoms with Crippen LogP contribution in [0.4, 0.5) is 20.7 Å². The summed E-state index contributed by atoms with van der Waals surface area (Å²) in [6.07, 6.45) is 0.931. The van der Waals surface area contributed by atoms with Gasteiger partial charge in [0.05, 0.1) is 24.7 Å². The topological polar surface area (TPSA) is 112 Å². The van der Waals surface area contributed by atoms with Crippen molar-refractivity contribution < 1.29 is 28.2 Å². The number of hydrogen-bond donors (Lipinski definition) is 2. The Morgan fingerprint density at radius 2 is 1.97 bits per heavy atom. The van der Waals surface area contributed by atoms with Gasteiger partial charge in [-0.1, -0.05) is 6.92 Å². The lowest BCUT2D eigenvalue weighted by molar-refractivity contribution is 0.0499. The maximum absolute atomic E-state index is 14.1.